The Morgan fingerprint density at radius 2 is 1.95 bits per heavy atom. The molecular weight excluding hydrogens is 338 g/mol. The topological polar surface area (TPSA) is 35.2 Å². The standard InChI is InChI=1S/C16H17BrClNO/c1-3-20-15-5-4-11(9-14(15)17)16(19)12-6-10(2)7-13(18)8-12/h4-9,16H,3,19H2,1-2H3. The van der Waals surface area contributed by atoms with Crippen LogP contribution in [0.4, 0.5) is 0 Å². The van der Waals surface area contributed by atoms with Crippen LogP contribution >= 0.6 is 27.5 Å². The summed E-state index contributed by atoms with van der Waals surface area (Å²) in [6.45, 7) is 4.61. The van der Waals surface area contributed by atoms with Gasteiger partial charge in [-0.05, 0) is 70.7 Å². The lowest BCUT2D eigenvalue weighted by atomic mass is 9.98. The fraction of sp³-hybridized carbons (Fsp3) is 0.250. The molecule has 106 valence electrons. The van der Waals surface area contributed by atoms with Gasteiger partial charge in [0.2, 0.25) is 0 Å². The van der Waals surface area contributed by atoms with Crippen LogP contribution in [0.15, 0.2) is 40.9 Å². The highest BCUT2D eigenvalue weighted by Crippen LogP contribution is 2.30. The molecule has 0 saturated heterocycles. The van der Waals surface area contributed by atoms with Crippen LogP contribution < -0.4 is 10.5 Å². The van der Waals surface area contributed by atoms with E-state index < -0.39 is 0 Å². The molecule has 0 spiro atoms. The zero-order valence-corrected chi connectivity index (χ0v) is 13.8. The molecule has 1 unspecified atom stereocenters. The smallest absolute Gasteiger partial charge is 0.133 e. The molecule has 0 fully saturated rings. The van der Waals surface area contributed by atoms with E-state index in [2.05, 4.69) is 22.0 Å². The van der Waals surface area contributed by atoms with Crippen molar-refractivity contribution < 1.29 is 4.74 Å². The van der Waals surface area contributed by atoms with E-state index in [1.54, 1.807) is 0 Å². The molecule has 0 aliphatic rings. The summed E-state index contributed by atoms with van der Waals surface area (Å²) >= 11 is 9.61. The Labute approximate surface area is 133 Å². The van der Waals surface area contributed by atoms with E-state index in [1.165, 1.54) is 0 Å². The molecule has 0 radical (unpaired) electrons. The summed E-state index contributed by atoms with van der Waals surface area (Å²) in [7, 11) is 0. The van der Waals surface area contributed by atoms with Crippen molar-refractivity contribution in [1.29, 1.82) is 0 Å². The number of halogens is 2. The fourth-order valence-corrected chi connectivity index (χ4v) is 2.93. The van der Waals surface area contributed by atoms with E-state index in [-0.39, 0.29) is 6.04 Å². The molecule has 0 amide bonds. The summed E-state index contributed by atoms with van der Waals surface area (Å²) in [6.07, 6.45) is 0. The molecule has 0 saturated carbocycles. The van der Waals surface area contributed by atoms with Gasteiger partial charge in [0.15, 0.2) is 0 Å². The van der Waals surface area contributed by atoms with Gasteiger partial charge in [-0.2, -0.15) is 0 Å². The molecular formula is C16H17BrClNO. The van der Waals surface area contributed by atoms with Crippen LogP contribution in [-0.4, -0.2) is 6.61 Å². The maximum atomic E-state index is 6.33. The third kappa shape index (κ3) is 3.54. The molecule has 20 heavy (non-hydrogen) atoms. The Kier molecular flexibility index (Phi) is 5.08. The van der Waals surface area contributed by atoms with Crippen LogP contribution in [0.25, 0.3) is 0 Å². The van der Waals surface area contributed by atoms with E-state index in [4.69, 9.17) is 22.1 Å². The van der Waals surface area contributed by atoms with Gasteiger partial charge in [0.05, 0.1) is 17.1 Å². The van der Waals surface area contributed by atoms with Crippen molar-refractivity contribution in [1.82, 2.24) is 0 Å². The van der Waals surface area contributed by atoms with Crippen LogP contribution in [0.1, 0.15) is 29.7 Å². The van der Waals surface area contributed by atoms with Gasteiger partial charge in [0.1, 0.15) is 5.75 Å². The maximum Gasteiger partial charge on any atom is 0.133 e. The molecule has 0 aliphatic carbocycles. The van der Waals surface area contributed by atoms with Crippen molar-refractivity contribution in [2.45, 2.75) is 19.9 Å². The monoisotopic (exact) mass is 353 g/mol. The Morgan fingerprint density at radius 1 is 1.20 bits per heavy atom. The van der Waals surface area contributed by atoms with Gasteiger partial charge in [-0.15, -0.1) is 0 Å². The van der Waals surface area contributed by atoms with Crippen molar-refractivity contribution >= 4 is 27.5 Å². The molecule has 4 heteroatoms. The third-order valence-electron chi connectivity index (χ3n) is 3.04. The molecule has 0 bridgehead atoms. The Hall–Kier alpha value is -1.03. The van der Waals surface area contributed by atoms with Crippen molar-refractivity contribution in [2.75, 3.05) is 6.61 Å². The van der Waals surface area contributed by atoms with Crippen LogP contribution in [-0.2, 0) is 0 Å². The second-order valence-electron chi connectivity index (χ2n) is 4.66. The molecule has 2 aromatic carbocycles. The van der Waals surface area contributed by atoms with Crippen molar-refractivity contribution in [3.8, 4) is 5.75 Å². The SMILES string of the molecule is CCOc1ccc(C(N)c2cc(C)cc(Cl)c2)cc1Br. The minimum atomic E-state index is -0.209. The average molecular weight is 355 g/mol. The van der Waals surface area contributed by atoms with Gasteiger partial charge in [0, 0.05) is 5.02 Å². The van der Waals surface area contributed by atoms with E-state index in [0.717, 1.165) is 26.9 Å². The van der Waals surface area contributed by atoms with Crippen LogP contribution in [0, 0.1) is 6.92 Å². The number of rotatable bonds is 4. The first-order valence-electron chi connectivity index (χ1n) is 6.46. The fourth-order valence-electron chi connectivity index (χ4n) is 2.12. The van der Waals surface area contributed by atoms with Crippen LogP contribution in [0.3, 0.4) is 0 Å². The predicted molar refractivity (Wildman–Crippen MR) is 87.5 cm³/mol. The number of benzene rings is 2. The lowest BCUT2D eigenvalue weighted by molar-refractivity contribution is 0.338. The van der Waals surface area contributed by atoms with Crippen LogP contribution in [0.5, 0.6) is 5.75 Å². The first kappa shape index (κ1) is 15.4. The highest BCUT2D eigenvalue weighted by molar-refractivity contribution is 9.10. The van der Waals surface area contributed by atoms with Gasteiger partial charge in [-0.25, -0.2) is 0 Å². The highest BCUT2D eigenvalue weighted by Gasteiger charge is 2.12. The number of aryl methyl sites for hydroxylation is 1. The number of hydrogen-bond donors (Lipinski definition) is 1. The third-order valence-corrected chi connectivity index (χ3v) is 3.88. The van der Waals surface area contributed by atoms with Gasteiger partial charge >= 0.3 is 0 Å². The average Bonchev–Trinajstić information content (AvgIpc) is 2.39. The Morgan fingerprint density at radius 3 is 2.55 bits per heavy atom. The Balaban J connectivity index is 2.33. The lowest BCUT2D eigenvalue weighted by Crippen LogP contribution is -2.12. The second kappa shape index (κ2) is 6.61. The summed E-state index contributed by atoms with van der Waals surface area (Å²) in [5, 5.41) is 0.709. The summed E-state index contributed by atoms with van der Waals surface area (Å²) < 4.78 is 6.41. The zero-order chi connectivity index (χ0) is 14.7. The second-order valence-corrected chi connectivity index (χ2v) is 5.95. The number of ether oxygens (including phenoxy) is 1. The maximum absolute atomic E-state index is 6.33. The summed E-state index contributed by atoms with van der Waals surface area (Å²) in [6, 6.07) is 11.6. The molecule has 2 N–H and O–H groups in total. The molecule has 2 nitrogen and oxygen atoms in total. The van der Waals surface area contributed by atoms with E-state index in [1.807, 2.05) is 44.2 Å². The predicted octanol–water partition coefficient (Wildman–Crippen LogP) is 4.86. The molecule has 2 aromatic rings. The minimum absolute atomic E-state index is 0.209. The Bertz CT molecular complexity index is 595. The molecule has 1 atom stereocenters. The van der Waals surface area contributed by atoms with Crippen molar-refractivity contribution in [3.63, 3.8) is 0 Å². The van der Waals surface area contributed by atoms with E-state index in [9.17, 15) is 0 Å². The van der Waals surface area contributed by atoms with Crippen molar-refractivity contribution in [2.24, 2.45) is 5.73 Å². The molecule has 0 heterocycles. The zero-order valence-electron chi connectivity index (χ0n) is 11.5. The van der Waals surface area contributed by atoms with Gasteiger partial charge < -0.3 is 10.5 Å². The van der Waals surface area contributed by atoms with Crippen molar-refractivity contribution in [3.05, 3.63) is 62.6 Å². The van der Waals surface area contributed by atoms with E-state index >= 15 is 0 Å². The number of hydrogen-bond acceptors (Lipinski definition) is 2. The van der Waals surface area contributed by atoms with Gasteiger partial charge in [0.25, 0.3) is 0 Å². The lowest BCUT2D eigenvalue weighted by Gasteiger charge is -2.15. The van der Waals surface area contributed by atoms with Gasteiger partial charge in [-0.1, -0.05) is 23.7 Å². The number of nitrogens with two attached hydrogens (primary N) is 1. The first-order valence-corrected chi connectivity index (χ1v) is 7.63. The van der Waals surface area contributed by atoms with E-state index in [0.29, 0.717) is 11.6 Å². The van der Waals surface area contributed by atoms with Gasteiger partial charge in [-0.3, -0.25) is 0 Å². The molecule has 0 aliphatic heterocycles. The molecule has 0 aromatic heterocycles. The summed E-state index contributed by atoms with van der Waals surface area (Å²) in [4.78, 5) is 0. The normalized spacial score (nSPS) is 12.2. The molecule has 2 rings (SSSR count). The largest absolute Gasteiger partial charge is 0.493 e. The quantitative estimate of drug-likeness (QED) is 0.851. The first-order chi connectivity index (χ1) is 9.51. The minimum Gasteiger partial charge on any atom is -0.493 e. The summed E-state index contributed by atoms with van der Waals surface area (Å²) in [5.41, 5.74) is 9.45. The summed E-state index contributed by atoms with van der Waals surface area (Å²) in [5.74, 6) is 0.825. The highest BCUT2D eigenvalue weighted by atomic mass is 79.9. The van der Waals surface area contributed by atoms with Crippen LogP contribution in [0.2, 0.25) is 5.02 Å².